The van der Waals surface area contributed by atoms with Crippen LogP contribution >= 0.6 is 0 Å². The third-order valence-corrected chi connectivity index (χ3v) is 9.20. The van der Waals surface area contributed by atoms with E-state index in [1.165, 1.54) is 4.90 Å². The van der Waals surface area contributed by atoms with Crippen molar-refractivity contribution in [2.24, 2.45) is 17.6 Å². The highest BCUT2D eigenvalue weighted by Crippen LogP contribution is 2.53. The molecule has 0 radical (unpaired) electrons. The molecule has 5 rings (SSSR count). The molecule has 3 aliphatic carbocycles. The molecule has 13 nitrogen and oxygen atoms in total. The number of rotatable bonds is 4. The van der Waals surface area contributed by atoms with E-state index >= 15 is 0 Å². The number of allylic oxidation sites excluding steroid dienone is 1. The van der Waals surface area contributed by atoms with Crippen molar-refractivity contribution in [1.29, 1.82) is 0 Å². The number of fused-ring (bicyclic) bond motifs is 3. The van der Waals surface area contributed by atoms with Crippen LogP contribution in [0.2, 0.25) is 0 Å². The number of aliphatic hydroxyl groups excluding tert-OH is 2. The maximum Gasteiger partial charge on any atom is 0.257 e. The van der Waals surface area contributed by atoms with Crippen LogP contribution in [0, 0.1) is 11.8 Å². The van der Waals surface area contributed by atoms with Gasteiger partial charge in [0.05, 0.1) is 17.2 Å². The average molecular weight is 584 g/mol. The van der Waals surface area contributed by atoms with Crippen LogP contribution < -0.4 is 10.6 Å². The minimum atomic E-state index is -2.72. The van der Waals surface area contributed by atoms with Crippen molar-refractivity contribution in [1.82, 2.24) is 14.7 Å². The number of piperazine rings is 1. The summed E-state index contributed by atoms with van der Waals surface area (Å²) in [7, 11) is 8.60. The number of phenolic OH excluding ortho intramolecular Hbond substituents is 1. The number of hydrogen-bond acceptors (Lipinski definition) is 11. The highest BCUT2D eigenvalue weighted by molar-refractivity contribution is 6.25. The zero-order valence-corrected chi connectivity index (χ0v) is 24.3. The van der Waals surface area contributed by atoms with Gasteiger partial charge in [-0.1, -0.05) is 0 Å². The predicted octanol–water partition coefficient (Wildman–Crippen LogP) is -0.426. The summed E-state index contributed by atoms with van der Waals surface area (Å²) in [4.78, 5) is 60.3. The predicted molar refractivity (Wildman–Crippen MR) is 151 cm³/mol. The number of hydrogen-bond donors (Lipinski definition) is 5. The topological polar surface area (TPSA) is 188 Å². The average Bonchev–Trinajstić information content (AvgIpc) is 2.90. The number of nitrogens with two attached hydrogens (primary N) is 1. The maximum atomic E-state index is 14.2. The Kier molecular flexibility index (Phi) is 7.11. The van der Waals surface area contributed by atoms with Crippen LogP contribution in [0.25, 0.3) is 0 Å². The van der Waals surface area contributed by atoms with Gasteiger partial charge in [0.25, 0.3) is 11.8 Å². The molecule has 1 aromatic rings. The largest absolute Gasteiger partial charge is 0.510 e. The number of primary amides is 1. The van der Waals surface area contributed by atoms with Crippen LogP contribution in [0.5, 0.6) is 5.75 Å². The number of carbonyl (C=O) groups is 4. The lowest BCUT2D eigenvalue weighted by molar-refractivity contribution is -0.148. The SMILES string of the molecule is CN1CCN(C(=O)c2cc(N(C)C)c3c(c2O)C(=O)C2=C(O)[C@]4(O)C(=O)C(C(N)=O)=C(O)[C@@H](N(C)C)[C@@H]4C[C@@H]2C3)CC1. The van der Waals surface area contributed by atoms with Crippen LogP contribution in [0.4, 0.5) is 5.69 Å². The van der Waals surface area contributed by atoms with Crippen molar-refractivity contribution < 1.29 is 39.6 Å². The molecule has 1 aliphatic heterocycles. The van der Waals surface area contributed by atoms with Gasteiger partial charge in [-0.25, -0.2) is 0 Å². The molecule has 0 saturated carbocycles. The van der Waals surface area contributed by atoms with Gasteiger partial charge in [0.1, 0.15) is 22.8 Å². The van der Waals surface area contributed by atoms with E-state index < -0.39 is 69.7 Å². The fourth-order valence-corrected chi connectivity index (χ4v) is 7.04. The van der Waals surface area contributed by atoms with Gasteiger partial charge >= 0.3 is 0 Å². The molecular formula is C29H37N5O8. The van der Waals surface area contributed by atoms with Gasteiger partial charge in [0.2, 0.25) is 5.78 Å². The Morgan fingerprint density at radius 1 is 1.05 bits per heavy atom. The first kappa shape index (κ1) is 29.5. The van der Waals surface area contributed by atoms with Crippen molar-refractivity contribution in [3.8, 4) is 5.75 Å². The zero-order valence-electron chi connectivity index (χ0n) is 24.3. The Hall–Kier alpha value is -3.94. The highest BCUT2D eigenvalue weighted by Gasteiger charge is 2.63. The van der Waals surface area contributed by atoms with E-state index in [9.17, 15) is 39.6 Å². The third-order valence-electron chi connectivity index (χ3n) is 9.20. The summed E-state index contributed by atoms with van der Waals surface area (Å²) in [6, 6.07) is 0.497. The first-order chi connectivity index (χ1) is 19.6. The standard InChI is InChI=1S/C29H37N5O8/c1-31(2)17-12-15(28(41)34-8-6-33(5)7-9-34)22(35)19-14(17)10-13-11-16-21(32(3)4)24(37)20(27(30)40)26(39)29(16,42)25(38)18(13)23(19)36/h12-13,16,21,35,37-38,42H,6-11H2,1-5H3,(H2,30,40)/t13-,16-,21-,29-/m0/s1. The van der Waals surface area contributed by atoms with Gasteiger partial charge in [-0.15, -0.1) is 0 Å². The van der Waals surface area contributed by atoms with Gasteiger partial charge in [0.15, 0.2) is 11.4 Å². The van der Waals surface area contributed by atoms with Crippen LogP contribution in [-0.4, -0.2) is 132 Å². The Labute approximate surface area is 243 Å². The third kappa shape index (κ3) is 4.09. The second-order valence-electron chi connectivity index (χ2n) is 12.1. The van der Waals surface area contributed by atoms with E-state index in [0.29, 0.717) is 37.4 Å². The molecule has 0 unspecified atom stereocenters. The van der Waals surface area contributed by atoms with E-state index in [0.717, 1.165) is 0 Å². The number of benzene rings is 1. The van der Waals surface area contributed by atoms with Crippen molar-refractivity contribution in [2.45, 2.75) is 24.5 Å². The fraction of sp³-hybridized carbons (Fsp3) is 0.517. The van der Waals surface area contributed by atoms with Crippen molar-refractivity contribution in [3.63, 3.8) is 0 Å². The van der Waals surface area contributed by atoms with Crippen LogP contribution in [0.15, 0.2) is 28.7 Å². The highest BCUT2D eigenvalue weighted by atomic mass is 16.3. The van der Waals surface area contributed by atoms with Gasteiger partial charge in [-0.2, -0.15) is 0 Å². The molecule has 6 N–H and O–H groups in total. The molecule has 1 aromatic carbocycles. The lowest BCUT2D eigenvalue weighted by atomic mass is 9.58. The molecule has 0 spiro atoms. The molecule has 4 atom stereocenters. The molecule has 0 aromatic heterocycles. The quantitative estimate of drug-likeness (QED) is 0.290. The molecule has 13 heteroatoms. The maximum absolute atomic E-state index is 14.2. The smallest absolute Gasteiger partial charge is 0.257 e. The van der Waals surface area contributed by atoms with E-state index in [4.69, 9.17) is 5.73 Å². The van der Waals surface area contributed by atoms with E-state index in [1.807, 2.05) is 7.05 Å². The Balaban J connectivity index is 1.68. The lowest BCUT2D eigenvalue weighted by Gasteiger charge is -2.50. The molecule has 226 valence electrons. The molecule has 1 heterocycles. The van der Waals surface area contributed by atoms with Gasteiger partial charge in [0, 0.05) is 57.5 Å². The number of aromatic hydroxyl groups is 1. The monoisotopic (exact) mass is 583 g/mol. The lowest BCUT2D eigenvalue weighted by Crippen LogP contribution is -2.63. The Bertz CT molecular complexity index is 1470. The molecule has 0 bridgehead atoms. The fourth-order valence-electron chi connectivity index (χ4n) is 7.04. The van der Waals surface area contributed by atoms with Gasteiger partial charge in [-0.3, -0.25) is 24.1 Å². The number of aliphatic hydroxyl groups is 3. The van der Waals surface area contributed by atoms with E-state index in [1.54, 1.807) is 44.1 Å². The van der Waals surface area contributed by atoms with Crippen molar-refractivity contribution >= 4 is 29.1 Å². The van der Waals surface area contributed by atoms with Crippen molar-refractivity contribution in [3.05, 3.63) is 45.4 Å². The summed E-state index contributed by atoms with van der Waals surface area (Å²) < 4.78 is 0. The molecule has 42 heavy (non-hydrogen) atoms. The number of phenols is 1. The summed E-state index contributed by atoms with van der Waals surface area (Å²) >= 11 is 0. The second kappa shape index (κ2) is 10.1. The molecule has 2 amide bonds. The number of ketones is 2. The minimum absolute atomic E-state index is 0.0125. The normalized spacial score (nSPS) is 28.1. The second-order valence-corrected chi connectivity index (χ2v) is 12.1. The summed E-state index contributed by atoms with van der Waals surface area (Å²) in [5, 5.41) is 45.7. The number of carbonyl (C=O) groups excluding carboxylic acids is 4. The number of nitrogens with zero attached hydrogens (tertiary/aromatic N) is 4. The van der Waals surface area contributed by atoms with Gasteiger partial charge < -0.3 is 40.9 Å². The van der Waals surface area contributed by atoms with Gasteiger partial charge in [-0.05, 0) is 51.5 Å². The molecule has 4 aliphatic rings. The van der Waals surface area contributed by atoms with E-state index in [-0.39, 0.29) is 29.5 Å². The summed E-state index contributed by atoms with van der Waals surface area (Å²) in [6.45, 7) is 2.19. The molecular weight excluding hydrogens is 546 g/mol. The summed E-state index contributed by atoms with van der Waals surface area (Å²) in [5.74, 6) is -7.75. The zero-order chi connectivity index (χ0) is 31.0. The summed E-state index contributed by atoms with van der Waals surface area (Å²) in [6.07, 6.45) is 0.125. The number of likely N-dealkylation sites (N-methyl/N-ethyl adjacent to an activating group) is 2. The van der Waals surface area contributed by atoms with Crippen molar-refractivity contribution in [2.75, 3.05) is 66.3 Å². The number of amides is 2. The van der Waals surface area contributed by atoms with Crippen LogP contribution in [0.1, 0.15) is 32.7 Å². The number of anilines is 1. The molecule has 1 saturated heterocycles. The minimum Gasteiger partial charge on any atom is -0.510 e. The Morgan fingerprint density at radius 3 is 2.21 bits per heavy atom. The first-order valence-corrected chi connectivity index (χ1v) is 13.8. The summed E-state index contributed by atoms with van der Waals surface area (Å²) in [5.41, 5.74) is 2.30. The van der Waals surface area contributed by atoms with E-state index in [2.05, 4.69) is 4.90 Å². The van der Waals surface area contributed by atoms with Crippen LogP contribution in [-0.2, 0) is 16.0 Å². The number of Topliss-reactive ketones (excluding diaryl/α,β-unsaturated/α-hetero) is 2. The van der Waals surface area contributed by atoms with Crippen LogP contribution in [0.3, 0.4) is 0 Å². The first-order valence-electron chi connectivity index (χ1n) is 13.8. The molecule has 1 fully saturated rings. The Morgan fingerprint density at radius 2 is 1.67 bits per heavy atom.